The normalized spacial score (nSPS) is 19.8. The van der Waals surface area contributed by atoms with Crippen LogP contribution in [0.1, 0.15) is 37.8 Å². The van der Waals surface area contributed by atoms with Gasteiger partial charge in [-0.05, 0) is 38.3 Å². The summed E-state index contributed by atoms with van der Waals surface area (Å²) in [6.45, 7) is 5.07. The summed E-state index contributed by atoms with van der Waals surface area (Å²) in [7, 11) is 0. The van der Waals surface area contributed by atoms with Crippen molar-refractivity contribution in [3.8, 4) is 0 Å². The molecule has 3 N–H and O–H groups in total. The molecule has 7 heteroatoms. The monoisotopic (exact) mass is 409 g/mol. The number of pyridine rings is 1. The molecule has 3 amide bonds. The molecule has 2 aliphatic rings. The lowest BCUT2D eigenvalue weighted by Crippen LogP contribution is -2.41. The molecule has 1 atom stereocenters. The molecule has 30 heavy (non-hydrogen) atoms. The quantitative estimate of drug-likeness (QED) is 0.684. The highest BCUT2D eigenvalue weighted by molar-refractivity contribution is 6.00. The molecule has 1 aliphatic heterocycles. The Bertz CT molecular complexity index is 910. The van der Waals surface area contributed by atoms with Gasteiger partial charge < -0.3 is 16.0 Å². The van der Waals surface area contributed by atoms with Crippen molar-refractivity contribution in [2.75, 3.05) is 31.5 Å². The van der Waals surface area contributed by atoms with Crippen LogP contribution in [0.2, 0.25) is 0 Å². The van der Waals surface area contributed by atoms with E-state index in [1.807, 2.05) is 37.3 Å². The summed E-state index contributed by atoms with van der Waals surface area (Å²) in [5.74, 6) is 0.453. The zero-order chi connectivity index (χ0) is 20.9. The Labute approximate surface area is 177 Å². The van der Waals surface area contributed by atoms with E-state index in [0.29, 0.717) is 6.54 Å². The number of hydrogen-bond acceptors (Lipinski definition) is 4. The van der Waals surface area contributed by atoms with E-state index in [9.17, 15) is 9.59 Å². The molecule has 1 saturated heterocycles. The standard InChI is InChI=1S/C23H31N5O2/c1-16-14-21(19-8-4-5-9-20(19)25-16)27-23(30)24-11-13-28-12-10-18(15-28)26-22(29)17-6-2-3-7-17/h4-5,8-9,14,17-18H,2-3,6-7,10-13,15H2,1H3,(H,26,29)(H2,24,25,27,30). The minimum Gasteiger partial charge on any atom is -0.352 e. The van der Waals surface area contributed by atoms with Crippen LogP contribution in [0, 0.1) is 12.8 Å². The van der Waals surface area contributed by atoms with Crippen LogP contribution in [0.5, 0.6) is 0 Å². The van der Waals surface area contributed by atoms with Gasteiger partial charge in [-0.3, -0.25) is 14.7 Å². The number of para-hydroxylation sites is 1. The molecule has 2 heterocycles. The first-order valence-electron chi connectivity index (χ1n) is 11.0. The Hall–Kier alpha value is -2.67. The summed E-state index contributed by atoms with van der Waals surface area (Å²) in [6, 6.07) is 9.70. The van der Waals surface area contributed by atoms with Gasteiger partial charge in [-0.1, -0.05) is 31.0 Å². The minimum atomic E-state index is -0.212. The number of fused-ring (bicyclic) bond motifs is 1. The first-order chi connectivity index (χ1) is 14.6. The SMILES string of the molecule is Cc1cc(NC(=O)NCCN2CCC(NC(=O)C3CCCC3)C2)c2ccccc2n1. The molecule has 1 saturated carbocycles. The number of aromatic nitrogens is 1. The Kier molecular flexibility index (Phi) is 6.47. The number of anilines is 1. The fourth-order valence-electron chi connectivity index (χ4n) is 4.57. The second kappa shape index (κ2) is 9.43. The van der Waals surface area contributed by atoms with Crippen molar-refractivity contribution in [3.63, 3.8) is 0 Å². The van der Waals surface area contributed by atoms with E-state index in [4.69, 9.17) is 0 Å². The number of carbonyl (C=O) groups excluding carboxylic acids is 2. The summed E-state index contributed by atoms with van der Waals surface area (Å²) in [4.78, 5) is 31.5. The summed E-state index contributed by atoms with van der Waals surface area (Å²) in [5, 5.41) is 10.0. The highest BCUT2D eigenvalue weighted by Crippen LogP contribution is 2.25. The average molecular weight is 410 g/mol. The van der Waals surface area contributed by atoms with E-state index in [-0.39, 0.29) is 23.9 Å². The van der Waals surface area contributed by atoms with Crippen molar-refractivity contribution in [1.82, 2.24) is 20.5 Å². The number of urea groups is 1. The lowest BCUT2D eigenvalue weighted by molar-refractivity contribution is -0.125. The Morgan fingerprint density at radius 3 is 2.80 bits per heavy atom. The van der Waals surface area contributed by atoms with E-state index >= 15 is 0 Å². The summed E-state index contributed by atoms with van der Waals surface area (Å²) < 4.78 is 0. The molecule has 160 valence electrons. The smallest absolute Gasteiger partial charge is 0.319 e. The third kappa shape index (κ3) is 5.08. The molecule has 1 aliphatic carbocycles. The van der Waals surface area contributed by atoms with Crippen molar-refractivity contribution in [2.24, 2.45) is 5.92 Å². The summed E-state index contributed by atoms with van der Waals surface area (Å²) in [6.07, 6.45) is 5.41. The molecule has 1 aromatic carbocycles. The molecular weight excluding hydrogens is 378 g/mol. The van der Waals surface area contributed by atoms with Gasteiger partial charge in [0.05, 0.1) is 11.2 Å². The topological polar surface area (TPSA) is 86.4 Å². The number of aryl methyl sites for hydroxylation is 1. The first-order valence-corrected chi connectivity index (χ1v) is 11.0. The van der Waals surface area contributed by atoms with Crippen LogP contribution in [0.3, 0.4) is 0 Å². The number of rotatable bonds is 6. The number of carbonyl (C=O) groups is 2. The second-order valence-electron chi connectivity index (χ2n) is 8.49. The van der Waals surface area contributed by atoms with Crippen LogP contribution in [-0.4, -0.2) is 54.0 Å². The number of nitrogens with one attached hydrogen (secondary N) is 3. The predicted octanol–water partition coefficient (Wildman–Crippen LogP) is 3.05. The third-order valence-electron chi connectivity index (χ3n) is 6.15. The van der Waals surface area contributed by atoms with Crippen molar-refractivity contribution >= 4 is 28.5 Å². The lowest BCUT2D eigenvalue weighted by Gasteiger charge is -2.18. The molecule has 0 bridgehead atoms. The fourth-order valence-corrected chi connectivity index (χ4v) is 4.57. The zero-order valence-electron chi connectivity index (χ0n) is 17.6. The average Bonchev–Trinajstić information content (AvgIpc) is 3.40. The predicted molar refractivity (Wildman–Crippen MR) is 118 cm³/mol. The van der Waals surface area contributed by atoms with Gasteiger partial charge in [-0.15, -0.1) is 0 Å². The highest BCUT2D eigenvalue weighted by Gasteiger charge is 2.28. The number of amides is 3. The van der Waals surface area contributed by atoms with Gasteiger partial charge >= 0.3 is 6.03 Å². The van der Waals surface area contributed by atoms with Crippen LogP contribution in [0.15, 0.2) is 30.3 Å². The molecular formula is C23H31N5O2. The van der Waals surface area contributed by atoms with Crippen molar-refractivity contribution in [3.05, 3.63) is 36.0 Å². The number of benzene rings is 1. The van der Waals surface area contributed by atoms with E-state index in [2.05, 4.69) is 25.8 Å². The van der Waals surface area contributed by atoms with Gasteiger partial charge in [0.2, 0.25) is 5.91 Å². The van der Waals surface area contributed by atoms with Crippen molar-refractivity contribution in [2.45, 2.75) is 45.1 Å². The maximum atomic E-state index is 12.4. The van der Waals surface area contributed by atoms with Gasteiger partial charge in [-0.25, -0.2) is 4.79 Å². The van der Waals surface area contributed by atoms with E-state index < -0.39 is 0 Å². The molecule has 0 radical (unpaired) electrons. The van der Waals surface area contributed by atoms with Gasteiger partial charge in [0, 0.05) is 49.2 Å². The molecule has 2 aromatic rings. The molecule has 1 aromatic heterocycles. The van der Waals surface area contributed by atoms with Crippen molar-refractivity contribution in [1.29, 1.82) is 0 Å². The van der Waals surface area contributed by atoms with E-state index in [1.54, 1.807) is 0 Å². The maximum Gasteiger partial charge on any atom is 0.319 e. The summed E-state index contributed by atoms with van der Waals surface area (Å²) >= 11 is 0. The third-order valence-corrected chi connectivity index (χ3v) is 6.15. The van der Waals surface area contributed by atoms with Crippen LogP contribution in [0.25, 0.3) is 10.9 Å². The molecule has 2 fully saturated rings. The van der Waals surface area contributed by atoms with Gasteiger partial charge in [-0.2, -0.15) is 0 Å². The second-order valence-corrected chi connectivity index (χ2v) is 8.49. The maximum absolute atomic E-state index is 12.4. The molecule has 1 unspecified atom stereocenters. The zero-order valence-corrected chi connectivity index (χ0v) is 17.6. The first kappa shape index (κ1) is 20.6. The lowest BCUT2D eigenvalue weighted by atomic mass is 10.1. The van der Waals surface area contributed by atoms with Crippen molar-refractivity contribution < 1.29 is 9.59 Å². The van der Waals surface area contributed by atoms with Crippen LogP contribution >= 0.6 is 0 Å². The Balaban J connectivity index is 1.21. The molecule has 7 nitrogen and oxygen atoms in total. The van der Waals surface area contributed by atoms with Gasteiger partial charge in [0.25, 0.3) is 0 Å². The number of likely N-dealkylation sites (tertiary alicyclic amines) is 1. The van der Waals surface area contributed by atoms with Crippen LogP contribution in [-0.2, 0) is 4.79 Å². The van der Waals surface area contributed by atoms with E-state index in [1.165, 1.54) is 12.8 Å². The largest absolute Gasteiger partial charge is 0.352 e. The van der Waals surface area contributed by atoms with Gasteiger partial charge in [0.1, 0.15) is 0 Å². The molecule has 4 rings (SSSR count). The fraction of sp³-hybridized carbons (Fsp3) is 0.522. The minimum absolute atomic E-state index is 0.212. The Morgan fingerprint density at radius 2 is 1.97 bits per heavy atom. The summed E-state index contributed by atoms with van der Waals surface area (Å²) in [5.41, 5.74) is 2.51. The Morgan fingerprint density at radius 1 is 1.17 bits per heavy atom. The number of nitrogens with zero attached hydrogens (tertiary/aromatic N) is 2. The van der Waals surface area contributed by atoms with Crippen LogP contribution < -0.4 is 16.0 Å². The van der Waals surface area contributed by atoms with Crippen LogP contribution in [0.4, 0.5) is 10.5 Å². The van der Waals surface area contributed by atoms with E-state index in [0.717, 1.165) is 61.2 Å². The van der Waals surface area contributed by atoms with Gasteiger partial charge in [0.15, 0.2) is 0 Å². The highest BCUT2D eigenvalue weighted by atomic mass is 16.2. The molecule has 0 spiro atoms. The number of hydrogen-bond donors (Lipinski definition) is 3.